The minimum absolute atomic E-state index is 0.0163. The highest BCUT2D eigenvalue weighted by atomic mass is 32.2. The fourth-order valence-corrected chi connectivity index (χ4v) is 2.16. The van der Waals surface area contributed by atoms with E-state index in [1.54, 1.807) is 19.1 Å². The summed E-state index contributed by atoms with van der Waals surface area (Å²) in [4.78, 5) is 0. The Kier molecular flexibility index (Phi) is 5.08. The van der Waals surface area contributed by atoms with Gasteiger partial charge in [-0.3, -0.25) is 0 Å². The van der Waals surface area contributed by atoms with E-state index in [0.29, 0.717) is 6.54 Å². The minimum atomic E-state index is -2.93. The van der Waals surface area contributed by atoms with E-state index < -0.39 is 9.84 Å². The molecule has 0 fully saturated rings. The Hall–Kier alpha value is -0.940. The first kappa shape index (κ1) is 14.1. The standard InChI is InChI=1S/C12H18FNO2S/c1-3-17(15,16)9-8-14-10(2)11-4-6-12(13)7-5-11/h4-7,10,14H,3,8-9H2,1-2H3. The molecule has 1 rings (SSSR count). The lowest BCUT2D eigenvalue weighted by atomic mass is 10.1. The zero-order valence-corrected chi connectivity index (χ0v) is 10.9. The second kappa shape index (κ2) is 6.12. The summed E-state index contributed by atoms with van der Waals surface area (Å²) in [6, 6.07) is 6.21. The maximum Gasteiger partial charge on any atom is 0.151 e. The van der Waals surface area contributed by atoms with E-state index in [1.807, 2.05) is 6.92 Å². The Morgan fingerprint density at radius 3 is 2.41 bits per heavy atom. The third-order valence-corrected chi connectivity index (χ3v) is 4.38. The highest BCUT2D eigenvalue weighted by Gasteiger charge is 2.09. The summed E-state index contributed by atoms with van der Waals surface area (Å²) in [7, 11) is -2.93. The van der Waals surface area contributed by atoms with Crippen LogP contribution in [0.4, 0.5) is 4.39 Å². The van der Waals surface area contributed by atoms with E-state index in [1.165, 1.54) is 12.1 Å². The van der Waals surface area contributed by atoms with Crippen molar-refractivity contribution in [3.8, 4) is 0 Å². The molecule has 1 unspecified atom stereocenters. The van der Waals surface area contributed by atoms with Gasteiger partial charge >= 0.3 is 0 Å². The van der Waals surface area contributed by atoms with E-state index in [0.717, 1.165) is 5.56 Å². The summed E-state index contributed by atoms with van der Waals surface area (Å²) >= 11 is 0. The van der Waals surface area contributed by atoms with Crippen molar-refractivity contribution in [2.45, 2.75) is 19.9 Å². The molecule has 96 valence electrons. The van der Waals surface area contributed by atoms with Crippen LogP contribution >= 0.6 is 0 Å². The molecule has 0 saturated carbocycles. The topological polar surface area (TPSA) is 46.2 Å². The molecule has 17 heavy (non-hydrogen) atoms. The van der Waals surface area contributed by atoms with Crippen LogP contribution in [0.3, 0.4) is 0 Å². The van der Waals surface area contributed by atoms with Gasteiger partial charge in [-0.15, -0.1) is 0 Å². The molecule has 5 heteroatoms. The quantitative estimate of drug-likeness (QED) is 0.849. The molecular weight excluding hydrogens is 241 g/mol. The van der Waals surface area contributed by atoms with Crippen molar-refractivity contribution in [2.24, 2.45) is 0 Å². The van der Waals surface area contributed by atoms with Crippen molar-refractivity contribution in [1.82, 2.24) is 5.32 Å². The van der Waals surface area contributed by atoms with Crippen LogP contribution in [0.5, 0.6) is 0 Å². The molecule has 0 aromatic heterocycles. The third-order valence-electron chi connectivity index (χ3n) is 2.67. The molecule has 1 atom stereocenters. The zero-order valence-electron chi connectivity index (χ0n) is 10.1. The van der Waals surface area contributed by atoms with E-state index in [-0.39, 0.29) is 23.4 Å². The molecule has 0 aliphatic carbocycles. The molecule has 0 bridgehead atoms. The molecule has 1 N–H and O–H groups in total. The summed E-state index contributed by atoms with van der Waals surface area (Å²) in [6.45, 7) is 3.97. The van der Waals surface area contributed by atoms with Gasteiger partial charge in [-0.05, 0) is 24.6 Å². The molecule has 3 nitrogen and oxygen atoms in total. The molecular formula is C12H18FNO2S. The monoisotopic (exact) mass is 259 g/mol. The van der Waals surface area contributed by atoms with Crippen molar-refractivity contribution >= 4 is 9.84 Å². The van der Waals surface area contributed by atoms with Crippen LogP contribution in [-0.4, -0.2) is 26.5 Å². The number of hydrogen-bond acceptors (Lipinski definition) is 3. The fourth-order valence-electron chi connectivity index (χ4n) is 1.44. The van der Waals surface area contributed by atoms with Gasteiger partial charge in [-0.25, -0.2) is 12.8 Å². The van der Waals surface area contributed by atoms with Gasteiger partial charge in [0.05, 0.1) is 5.75 Å². The predicted molar refractivity (Wildman–Crippen MR) is 67.1 cm³/mol. The molecule has 0 aliphatic rings. The van der Waals surface area contributed by atoms with Crippen LogP contribution in [0.25, 0.3) is 0 Å². The lowest BCUT2D eigenvalue weighted by Crippen LogP contribution is -2.26. The Balaban J connectivity index is 2.45. The van der Waals surface area contributed by atoms with Crippen molar-refractivity contribution in [2.75, 3.05) is 18.1 Å². The molecule has 0 spiro atoms. The summed E-state index contributed by atoms with van der Waals surface area (Å²) < 4.78 is 35.2. The number of nitrogens with one attached hydrogen (secondary N) is 1. The van der Waals surface area contributed by atoms with Crippen molar-refractivity contribution < 1.29 is 12.8 Å². The van der Waals surface area contributed by atoms with Crippen LogP contribution in [0.1, 0.15) is 25.5 Å². The first-order chi connectivity index (χ1) is 7.94. The van der Waals surface area contributed by atoms with E-state index in [4.69, 9.17) is 0 Å². The summed E-state index contributed by atoms with van der Waals surface area (Å²) in [5.41, 5.74) is 0.945. The first-order valence-corrected chi connectivity index (χ1v) is 7.46. The Morgan fingerprint density at radius 1 is 1.29 bits per heavy atom. The SMILES string of the molecule is CCS(=O)(=O)CCNC(C)c1ccc(F)cc1. The highest BCUT2D eigenvalue weighted by molar-refractivity contribution is 7.91. The lowest BCUT2D eigenvalue weighted by molar-refractivity contribution is 0.571. The van der Waals surface area contributed by atoms with Crippen molar-refractivity contribution in [1.29, 1.82) is 0 Å². The first-order valence-electron chi connectivity index (χ1n) is 5.64. The molecule has 0 radical (unpaired) electrons. The van der Waals surface area contributed by atoms with Crippen LogP contribution < -0.4 is 5.32 Å². The van der Waals surface area contributed by atoms with Gasteiger partial charge < -0.3 is 5.32 Å². The van der Waals surface area contributed by atoms with Crippen LogP contribution in [0, 0.1) is 5.82 Å². The van der Waals surface area contributed by atoms with Crippen molar-refractivity contribution in [3.63, 3.8) is 0 Å². The number of sulfone groups is 1. The fraction of sp³-hybridized carbons (Fsp3) is 0.500. The summed E-state index contributed by atoms with van der Waals surface area (Å²) in [5, 5.41) is 3.11. The van der Waals surface area contributed by atoms with E-state index in [9.17, 15) is 12.8 Å². The third kappa shape index (κ3) is 4.83. The van der Waals surface area contributed by atoms with E-state index in [2.05, 4.69) is 5.32 Å². The Labute approximate surface area is 102 Å². The lowest BCUT2D eigenvalue weighted by Gasteiger charge is -2.14. The number of rotatable bonds is 6. The maximum atomic E-state index is 12.7. The summed E-state index contributed by atoms with van der Waals surface area (Å²) in [6.07, 6.45) is 0. The maximum absolute atomic E-state index is 12.7. The van der Waals surface area contributed by atoms with Gasteiger partial charge in [0.25, 0.3) is 0 Å². The van der Waals surface area contributed by atoms with Gasteiger partial charge in [0.1, 0.15) is 5.82 Å². The van der Waals surface area contributed by atoms with E-state index >= 15 is 0 Å². The second-order valence-electron chi connectivity index (χ2n) is 3.96. The molecule has 1 aromatic rings. The predicted octanol–water partition coefficient (Wildman–Crippen LogP) is 1.91. The smallest absolute Gasteiger partial charge is 0.151 e. The number of hydrogen-bond donors (Lipinski definition) is 1. The molecule has 0 heterocycles. The van der Waals surface area contributed by atoms with Crippen LogP contribution in [-0.2, 0) is 9.84 Å². The largest absolute Gasteiger partial charge is 0.309 e. The van der Waals surface area contributed by atoms with Gasteiger partial charge in [-0.2, -0.15) is 0 Å². The molecule has 0 aliphatic heterocycles. The Morgan fingerprint density at radius 2 is 1.88 bits per heavy atom. The zero-order chi connectivity index (χ0) is 12.9. The number of benzene rings is 1. The van der Waals surface area contributed by atoms with Gasteiger partial charge in [0.15, 0.2) is 9.84 Å². The molecule has 0 amide bonds. The normalized spacial score (nSPS) is 13.6. The van der Waals surface area contributed by atoms with Gasteiger partial charge in [0, 0.05) is 18.3 Å². The van der Waals surface area contributed by atoms with Gasteiger partial charge in [-0.1, -0.05) is 19.1 Å². The molecule has 1 aromatic carbocycles. The highest BCUT2D eigenvalue weighted by Crippen LogP contribution is 2.12. The average Bonchev–Trinajstić information content (AvgIpc) is 2.29. The van der Waals surface area contributed by atoms with Crippen LogP contribution in [0.15, 0.2) is 24.3 Å². The molecule has 0 saturated heterocycles. The second-order valence-corrected chi connectivity index (χ2v) is 6.44. The van der Waals surface area contributed by atoms with Crippen molar-refractivity contribution in [3.05, 3.63) is 35.6 Å². The summed E-state index contributed by atoms with van der Waals surface area (Å²) in [5.74, 6) is 0.0313. The Bertz CT molecular complexity index is 442. The van der Waals surface area contributed by atoms with Gasteiger partial charge in [0.2, 0.25) is 0 Å². The van der Waals surface area contributed by atoms with Crippen LogP contribution in [0.2, 0.25) is 0 Å². The minimum Gasteiger partial charge on any atom is -0.309 e. The number of halogens is 1. The average molecular weight is 259 g/mol.